The van der Waals surface area contributed by atoms with Crippen molar-refractivity contribution in [1.82, 2.24) is 25.2 Å². The smallest absolute Gasteiger partial charge is 0.358 e. The van der Waals surface area contributed by atoms with Gasteiger partial charge in [-0.1, -0.05) is 5.21 Å². The van der Waals surface area contributed by atoms with Crippen LogP contribution in [0.25, 0.3) is 0 Å². The van der Waals surface area contributed by atoms with Crippen LogP contribution in [0.15, 0.2) is 6.20 Å². The van der Waals surface area contributed by atoms with Gasteiger partial charge in [0.05, 0.1) is 12.7 Å². The number of rotatable bonds is 7. The van der Waals surface area contributed by atoms with Gasteiger partial charge in [0.25, 0.3) is 0 Å². The molecule has 0 bridgehead atoms. The summed E-state index contributed by atoms with van der Waals surface area (Å²) in [6, 6.07) is -0.607. The van der Waals surface area contributed by atoms with Crippen molar-refractivity contribution < 1.29 is 19.5 Å². The van der Waals surface area contributed by atoms with Gasteiger partial charge in [-0.15, -0.1) is 5.10 Å². The fourth-order valence-electron chi connectivity index (χ4n) is 1.54. The van der Waals surface area contributed by atoms with Crippen molar-refractivity contribution in [2.24, 2.45) is 5.73 Å². The molecule has 0 saturated heterocycles. The molecule has 0 aliphatic carbocycles. The third-order valence-electron chi connectivity index (χ3n) is 2.59. The van der Waals surface area contributed by atoms with Crippen molar-refractivity contribution in [3.05, 3.63) is 11.9 Å². The Morgan fingerprint density at radius 3 is 2.62 bits per heavy atom. The summed E-state index contributed by atoms with van der Waals surface area (Å²) >= 11 is 0. The standard InChI is InChI=1S/C11H18N6O4/c1-7(2)17(6-9(12)18)11(21)13-3-4-16-5-8(10(19)20)14-15-16/h5,7H,3-4,6H2,1-2H3,(H2,12,18)(H,13,21)(H,19,20). The van der Waals surface area contributed by atoms with Gasteiger partial charge in [-0.3, -0.25) is 4.79 Å². The highest BCUT2D eigenvalue weighted by Gasteiger charge is 2.18. The lowest BCUT2D eigenvalue weighted by Crippen LogP contribution is -2.48. The molecule has 0 radical (unpaired) electrons. The molecule has 0 saturated carbocycles. The molecule has 1 aromatic rings. The number of amides is 3. The number of urea groups is 1. The van der Waals surface area contributed by atoms with Crippen LogP contribution in [0, 0.1) is 0 Å². The molecule has 21 heavy (non-hydrogen) atoms. The van der Waals surface area contributed by atoms with Crippen LogP contribution in [0.4, 0.5) is 4.79 Å². The first kappa shape index (κ1) is 16.4. The predicted molar refractivity (Wildman–Crippen MR) is 71.4 cm³/mol. The first-order chi connectivity index (χ1) is 9.81. The summed E-state index contributed by atoms with van der Waals surface area (Å²) in [6.45, 7) is 3.83. The van der Waals surface area contributed by atoms with Crippen LogP contribution in [0.2, 0.25) is 0 Å². The van der Waals surface area contributed by atoms with E-state index in [0.29, 0.717) is 0 Å². The molecule has 3 amide bonds. The quantitative estimate of drug-likeness (QED) is 0.581. The van der Waals surface area contributed by atoms with Crippen molar-refractivity contribution in [1.29, 1.82) is 0 Å². The highest BCUT2D eigenvalue weighted by molar-refractivity contribution is 5.84. The highest BCUT2D eigenvalue weighted by Crippen LogP contribution is 1.98. The van der Waals surface area contributed by atoms with Gasteiger partial charge in [0.1, 0.15) is 6.54 Å². The van der Waals surface area contributed by atoms with Crippen molar-refractivity contribution in [2.75, 3.05) is 13.1 Å². The van der Waals surface area contributed by atoms with Gasteiger partial charge >= 0.3 is 12.0 Å². The Hall–Kier alpha value is -2.65. The third kappa shape index (κ3) is 5.09. The number of carbonyl (C=O) groups is 3. The summed E-state index contributed by atoms with van der Waals surface area (Å²) in [5, 5.41) is 18.3. The van der Waals surface area contributed by atoms with Crippen LogP contribution in [-0.4, -0.2) is 62.0 Å². The van der Waals surface area contributed by atoms with E-state index in [1.165, 1.54) is 15.8 Å². The molecular formula is C11H18N6O4. The van der Waals surface area contributed by atoms with E-state index >= 15 is 0 Å². The highest BCUT2D eigenvalue weighted by atomic mass is 16.4. The number of nitrogens with two attached hydrogens (primary N) is 1. The van der Waals surface area contributed by atoms with Gasteiger partial charge in [0.15, 0.2) is 5.69 Å². The van der Waals surface area contributed by atoms with E-state index in [-0.39, 0.29) is 31.4 Å². The van der Waals surface area contributed by atoms with E-state index in [0.717, 1.165) is 0 Å². The second kappa shape index (κ2) is 7.22. The number of primary amides is 1. The molecule has 0 spiro atoms. The molecular weight excluding hydrogens is 280 g/mol. The van der Waals surface area contributed by atoms with Crippen molar-refractivity contribution >= 4 is 17.9 Å². The number of carbonyl (C=O) groups excluding carboxylic acids is 2. The molecule has 0 aliphatic rings. The van der Waals surface area contributed by atoms with Gasteiger partial charge in [-0.2, -0.15) is 0 Å². The minimum absolute atomic E-state index is 0.168. The molecule has 1 heterocycles. The minimum Gasteiger partial charge on any atom is -0.476 e. The first-order valence-corrected chi connectivity index (χ1v) is 6.27. The largest absolute Gasteiger partial charge is 0.476 e. The maximum absolute atomic E-state index is 11.9. The molecule has 1 rings (SSSR count). The Morgan fingerprint density at radius 2 is 2.14 bits per heavy atom. The van der Waals surface area contributed by atoms with Gasteiger partial charge in [-0.25, -0.2) is 14.3 Å². The number of nitrogens with zero attached hydrogens (tertiary/aromatic N) is 4. The van der Waals surface area contributed by atoms with E-state index in [4.69, 9.17) is 10.8 Å². The zero-order valence-electron chi connectivity index (χ0n) is 11.8. The molecule has 1 aromatic heterocycles. The molecule has 0 atom stereocenters. The van der Waals surface area contributed by atoms with Crippen LogP contribution in [0.3, 0.4) is 0 Å². The number of carboxylic acids is 1. The first-order valence-electron chi connectivity index (χ1n) is 6.27. The van der Waals surface area contributed by atoms with Crippen molar-refractivity contribution in [3.8, 4) is 0 Å². The lowest BCUT2D eigenvalue weighted by molar-refractivity contribution is -0.118. The lowest BCUT2D eigenvalue weighted by atomic mass is 10.3. The summed E-state index contributed by atoms with van der Waals surface area (Å²) in [6.07, 6.45) is 1.26. The summed E-state index contributed by atoms with van der Waals surface area (Å²) in [5.74, 6) is -1.76. The van der Waals surface area contributed by atoms with E-state index in [1.807, 2.05) is 0 Å². The van der Waals surface area contributed by atoms with E-state index in [2.05, 4.69) is 15.6 Å². The molecule has 0 aromatic carbocycles. The van der Waals surface area contributed by atoms with Crippen LogP contribution in [0.1, 0.15) is 24.3 Å². The summed E-state index contributed by atoms with van der Waals surface area (Å²) in [5.41, 5.74) is 4.91. The Balaban J connectivity index is 2.47. The molecule has 0 aliphatic heterocycles. The second-order valence-corrected chi connectivity index (χ2v) is 4.59. The summed E-state index contributed by atoms with van der Waals surface area (Å²) < 4.78 is 1.30. The zero-order valence-corrected chi connectivity index (χ0v) is 11.8. The van der Waals surface area contributed by atoms with E-state index in [9.17, 15) is 14.4 Å². The average molecular weight is 298 g/mol. The number of aromatic carboxylic acids is 1. The molecule has 0 unspecified atom stereocenters. The van der Waals surface area contributed by atoms with Gasteiger partial charge in [0, 0.05) is 12.6 Å². The molecule has 0 fully saturated rings. The molecule has 116 valence electrons. The predicted octanol–water partition coefficient (Wildman–Crippen LogP) is -1.12. The van der Waals surface area contributed by atoms with Gasteiger partial charge in [0.2, 0.25) is 5.91 Å². The number of carboxylic acid groups (broad SMARTS) is 1. The van der Waals surface area contributed by atoms with Crippen LogP contribution < -0.4 is 11.1 Å². The average Bonchev–Trinajstić information content (AvgIpc) is 2.84. The molecule has 4 N–H and O–H groups in total. The fourth-order valence-corrected chi connectivity index (χ4v) is 1.54. The summed E-state index contributed by atoms with van der Waals surface area (Å²) in [4.78, 5) is 34.7. The van der Waals surface area contributed by atoms with E-state index in [1.54, 1.807) is 13.8 Å². The lowest BCUT2D eigenvalue weighted by Gasteiger charge is -2.25. The number of aromatic nitrogens is 3. The minimum atomic E-state index is -1.17. The van der Waals surface area contributed by atoms with Crippen LogP contribution >= 0.6 is 0 Å². The third-order valence-corrected chi connectivity index (χ3v) is 2.59. The Labute approximate surface area is 120 Å². The van der Waals surface area contributed by atoms with Crippen molar-refractivity contribution in [3.63, 3.8) is 0 Å². The normalized spacial score (nSPS) is 10.4. The number of hydrogen-bond donors (Lipinski definition) is 3. The second-order valence-electron chi connectivity index (χ2n) is 4.59. The number of hydrogen-bond acceptors (Lipinski definition) is 5. The van der Waals surface area contributed by atoms with Gasteiger partial charge in [-0.05, 0) is 13.8 Å². The van der Waals surface area contributed by atoms with Crippen molar-refractivity contribution in [2.45, 2.75) is 26.4 Å². The number of nitrogens with one attached hydrogen (secondary N) is 1. The fraction of sp³-hybridized carbons (Fsp3) is 0.545. The molecule has 10 nitrogen and oxygen atoms in total. The SMILES string of the molecule is CC(C)N(CC(N)=O)C(=O)NCCn1cc(C(=O)O)nn1. The van der Waals surface area contributed by atoms with Crippen LogP contribution in [-0.2, 0) is 11.3 Å². The maximum Gasteiger partial charge on any atom is 0.358 e. The monoisotopic (exact) mass is 298 g/mol. The van der Waals surface area contributed by atoms with Crippen LogP contribution in [0.5, 0.6) is 0 Å². The topological polar surface area (TPSA) is 143 Å². The summed E-state index contributed by atoms with van der Waals surface area (Å²) in [7, 11) is 0. The van der Waals surface area contributed by atoms with E-state index < -0.39 is 17.9 Å². The molecule has 10 heteroatoms. The Kier molecular flexibility index (Phi) is 5.64. The zero-order chi connectivity index (χ0) is 16.0. The maximum atomic E-state index is 11.9. The van der Waals surface area contributed by atoms with Gasteiger partial charge < -0.3 is 21.1 Å². The Bertz CT molecular complexity index is 527. The Morgan fingerprint density at radius 1 is 1.48 bits per heavy atom.